The van der Waals surface area contributed by atoms with Gasteiger partial charge in [0, 0.05) is 26.1 Å². The van der Waals surface area contributed by atoms with Crippen molar-refractivity contribution in [2.45, 2.75) is 30.6 Å². The Morgan fingerprint density at radius 2 is 1.86 bits per heavy atom. The number of sulfonamides is 1. The maximum atomic E-state index is 12.1. The summed E-state index contributed by atoms with van der Waals surface area (Å²) in [5, 5.41) is 0.173. The zero-order valence-electron chi connectivity index (χ0n) is 11.7. The maximum Gasteiger partial charge on any atom is 0.242 e. The fourth-order valence-corrected chi connectivity index (χ4v) is 3.88. The highest BCUT2D eigenvalue weighted by Crippen LogP contribution is 2.20. The second-order valence-electron chi connectivity index (χ2n) is 5.02. The molecule has 0 spiro atoms. The SMILES string of the molecule is O=C(CCNS(=O)(=O)c1ccccc1Cl)N1CCCCC1. The third-order valence-corrected chi connectivity index (χ3v) is 5.43. The summed E-state index contributed by atoms with van der Waals surface area (Å²) in [5.41, 5.74) is 0. The van der Waals surface area contributed by atoms with E-state index in [0.29, 0.717) is 0 Å². The molecule has 1 fully saturated rings. The molecule has 1 aromatic rings. The Balaban J connectivity index is 1.88. The molecule has 1 aromatic carbocycles. The van der Waals surface area contributed by atoms with E-state index >= 15 is 0 Å². The molecular formula is C14H19ClN2O3S. The van der Waals surface area contributed by atoms with Crippen LogP contribution in [0.3, 0.4) is 0 Å². The van der Waals surface area contributed by atoms with Crippen LogP contribution >= 0.6 is 11.6 Å². The molecule has 0 aromatic heterocycles. The number of halogens is 1. The standard InChI is InChI=1S/C14H19ClN2O3S/c15-12-6-2-3-7-13(12)21(19,20)16-9-8-14(18)17-10-4-1-5-11-17/h2-3,6-7,16H,1,4-5,8-11H2. The number of hydrogen-bond donors (Lipinski definition) is 1. The maximum absolute atomic E-state index is 12.1. The topological polar surface area (TPSA) is 66.5 Å². The summed E-state index contributed by atoms with van der Waals surface area (Å²) in [6.45, 7) is 1.63. The third-order valence-electron chi connectivity index (χ3n) is 3.47. The van der Waals surface area contributed by atoms with Crippen molar-refractivity contribution in [2.75, 3.05) is 19.6 Å². The van der Waals surface area contributed by atoms with Crippen molar-refractivity contribution in [2.24, 2.45) is 0 Å². The zero-order chi connectivity index (χ0) is 15.3. The second-order valence-corrected chi connectivity index (χ2v) is 7.16. The van der Waals surface area contributed by atoms with Gasteiger partial charge in [-0.25, -0.2) is 13.1 Å². The molecule has 0 atom stereocenters. The van der Waals surface area contributed by atoms with E-state index in [1.165, 1.54) is 12.1 Å². The number of benzene rings is 1. The second kappa shape index (κ2) is 7.24. The highest BCUT2D eigenvalue weighted by molar-refractivity contribution is 7.89. The van der Waals surface area contributed by atoms with Gasteiger partial charge in [-0.3, -0.25) is 4.79 Å². The molecule has 2 rings (SSSR count). The number of carbonyl (C=O) groups is 1. The number of piperidine rings is 1. The van der Waals surface area contributed by atoms with Gasteiger partial charge in [0.15, 0.2) is 0 Å². The molecule has 5 nitrogen and oxygen atoms in total. The average molecular weight is 331 g/mol. The Bertz CT molecular complexity index is 598. The molecule has 116 valence electrons. The van der Waals surface area contributed by atoms with Gasteiger partial charge < -0.3 is 4.90 Å². The van der Waals surface area contributed by atoms with Crippen LogP contribution in [0.2, 0.25) is 5.02 Å². The lowest BCUT2D eigenvalue weighted by Gasteiger charge is -2.26. The number of likely N-dealkylation sites (tertiary alicyclic amines) is 1. The molecule has 1 amide bonds. The summed E-state index contributed by atoms with van der Waals surface area (Å²) in [6.07, 6.45) is 3.38. The van der Waals surface area contributed by atoms with Crippen LogP contribution in [0.4, 0.5) is 0 Å². The summed E-state index contributed by atoms with van der Waals surface area (Å²) in [6, 6.07) is 6.24. The van der Waals surface area contributed by atoms with Crippen molar-refractivity contribution in [3.05, 3.63) is 29.3 Å². The van der Waals surface area contributed by atoms with E-state index in [0.717, 1.165) is 32.4 Å². The van der Waals surface area contributed by atoms with Crippen molar-refractivity contribution in [1.82, 2.24) is 9.62 Å². The molecule has 21 heavy (non-hydrogen) atoms. The lowest BCUT2D eigenvalue weighted by molar-refractivity contribution is -0.131. The lowest BCUT2D eigenvalue weighted by atomic mass is 10.1. The van der Waals surface area contributed by atoms with E-state index in [-0.39, 0.29) is 28.8 Å². The predicted molar refractivity (Wildman–Crippen MR) is 81.7 cm³/mol. The van der Waals surface area contributed by atoms with Crippen molar-refractivity contribution in [3.8, 4) is 0 Å². The summed E-state index contributed by atoms with van der Waals surface area (Å²) in [7, 11) is -3.67. The van der Waals surface area contributed by atoms with Crippen LogP contribution in [0, 0.1) is 0 Å². The number of nitrogens with zero attached hydrogens (tertiary/aromatic N) is 1. The van der Waals surface area contributed by atoms with Gasteiger partial charge in [-0.1, -0.05) is 23.7 Å². The van der Waals surface area contributed by atoms with Gasteiger partial charge in [-0.2, -0.15) is 0 Å². The lowest BCUT2D eigenvalue weighted by Crippen LogP contribution is -2.37. The van der Waals surface area contributed by atoms with Crippen LogP contribution < -0.4 is 4.72 Å². The van der Waals surface area contributed by atoms with Gasteiger partial charge in [-0.05, 0) is 31.4 Å². The van der Waals surface area contributed by atoms with Crippen LogP contribution in [0.1, 0.15) is 25.7 Å². The van der Waals surface area contributed by atoms with Crippen LogP contribution in [0.5, 0.6) is 0 Å². The average Bonchev–Trinajstić information content (AvgIpc) is 2.48. The number of rotatable bonds is 5. The molecule has 0 aliphatic carbocycles. The first-order valence-corrected chi connectivity index (χ1v) is 8.89. The van der Waals surface area contributed by atoms with Gasteiger partial charge in [0.1, 0.15) is 4.90 Å². The minimum absolute atomic E-state index is 0.00319. The minimum atomic E-state index is -3.67. The fraction of sp³-hybridized carbons (Fsp3) is 0.500. The minimum Gasteiger partial charge on any atom is -0.343 e. The van der Waals surface area contributed by atoms with Crippen LogP contribution in [0.15, 0.2) is 29.2 Å². The monoisotopic (exact) mass is 330 g/mol. The van der Waals surface area contributed by atoms with Crippen LogP contribution in [-0.2, 0) is 14.8 Å². The molecule has 1 saturated heterocycles. The van der Waals surface area contributed by atoms with Crippen molar-refractivity contribution < 1.29 is 13.2 Å². The molecule has 0 unspecified atom stereocenters. The van der Waals surface area contributed by atoms with Crippen molar-refractivity contribution in [1.29, 1.82) is 0 Å². The first-order valence-electron chi connectivity index (χ1n) is 7.03. The molecule has 1 aliphatic heterocycles. The summed E-state index contributed by atoms with van der Waals surface area (Å²) in [5.74, 6) is -0.00319. The fourth-order valence-electron chi connectivity index (χ4n) is 2.33. The van der Waals surface area contributed by atoms with E-state index in [9.17, 15) is 13.2 Å². The Hall–Kier alpha value is -1.11. The largest absolute Gasteiger partial charge is 0.343 e. The first-order chi connectivity index (χ1) is 10.0. The number of amides is 1. The van der Waals surface area contributed by atoms with Crippen LogP contribution in [0.25, 0.3) is 0 Å². The van der Waals surface area contributed by atoms with E-state index in [4.69, 9.17) is 11.6 Å². The summed E-state index contributed by atoms with van der Waals surface area (Å²) in [4.78, 5) is 13.8. The highest BCUT2D eigenvalue weighted by atomic mass is 35.5. The quantitative estimate of drug-likeness (QED) is 0.898. The normalized spacial score (nSPS) is 16.0. The summed E-state index contributed by atoms with van der Waals surface area (Å²) >= 11 is 5.88. The van der Waals surface area contributed by atoms with E-state index < -0.39 is 10.0 Å². The first kappa shape index (κ1) is 16.3. The van der Waals surface area contributed by atoms with Crippen molar-refractivity contribution >= 4 is 27.5 Å². The Kier molecular flexibility index (Phi) is 5.61. The predicted octanol–water partition coefficient (Wildman–Crippen LogP) is 2.02. The van der Waals surface area contributed by atoms with Gasteiger partial charge in [0.2, 0.25) is 15.9 Å². The van der Waals surface area contributed by atoms with Gasteiger partial charge >= 0.3 is 0 Å². The molecule has 1 N–H and O–H groups in total. The smallest absolute Gasteiger partial charge is 0.242 e. The number of carbonyl (C=O) groups excluding carboxylic acids is 1. The number of nitrogens with one attached hydrogen (secondary N) is 1. The third kappa shape index (κ3) is 4.43. The molecule has 1 heterocycles. The molecule has 7 heteroatoms. The van der Waals surface area contributed by atoms with Gasteiger partial charge in [0.05, 0.1) is 5.02 Å². The molecular weight excluding hydrogens is 312 g/mol. The molecule has 0 bridgehead atoms. The summed E-state index contributed by atoms with van der Waals surface area (Å²) < 4.78 is 26.6. The van der Waals surface area contributed by atoms with Gasteiger partial charge in [0.25, 0.3) is 0 Å². The molecule has 1 aliphatic rings. The molecule has 0 radical (unpaired) electrons. The Morgan fingerprint density at radius 3 is 2.52 bits per heavy atom. The van der Waals surface area contributed by atoms with Gasteiger partial charge in [-0.15, -0.1) is 0 Å². The van der Waals surface area contributed by atoms with E-state index in [1.54, 1.807) is 17.0 Å². The van der Waals surface area contributed by atoms with E-state index in [1.807, 2.05) is 0 Å². The Labute approximate surface area is 130 Å². The number of hydrogen-bond acceptors (Lipinski definition) is 3. The molecule has 0 saturated carbocycles. The van der Waals surface area contributed by atoms with Crippen molar-refractivity contribution in [3.63, 3.8) is 0 Å². The Morgan fingerprint density at radius 1 is 1.19 bits per heavy atom. The zero-order valence-corrected chi connectivity index (χ0v) is 13.3. The highest BCUT2D eigenvalue weighted by Gasteiger charge is 2.19. The van der Waals surface area contributed by atoms with E-state index in [2.05, 4.69) is 4.72 Å². The van der Waals surface area contributed by atoms with Crippen LogP contribution in [-0.4, -0.2) is 38.9 Å².